The van der Waals surface area contributed by atoms with Crippen molar-refractivity contribution in [2.45, 2.75) is 135 Å². The molecule has 0 aromatic rings. The van der Waals surface area contributed by atoms with E-state index in [1.54, 1.807) is 0 Å². The minimum absolute atomic E-state index is 0.218. The summed E-state index contributed by atoms with van der Waals surface area (Å²) in [4.78, 5) is 10.6. The van der Waals surface area contributed by atoms with Gasteiger partial charge in [0.25, 0.3) is 0 Å². The van der Waals surface area contributed by atoms with Crippen LogP contribution >= 0.6 is 0 Å². The molecule has 0 aliphatic rings. The topological polar surface area (TPSA) is 43.1 Å². The zero-order valence-corrected chi connectivity index (χ0v) is 17.6. The number of carbonyl (C=O) groups excluding carboxylic acids is 1. The van der Waals surface area contributed by atoms with Crippen molar-refractivity contribution in [2.75, 3.05) is 0 Å². The van der Waals surface area contributed by atoms with Crippen LogP contribution in [-0.2, 0) is 4.79 Å². The molecule has 0 bridgehead atoms. The van der Waals surface area contributed by atoms with Crippen molar-refractivity contribution in [1.29, 1.82) is 0 Å². The highest BCUT2D eigenvalue weighted by molar-refractivity contribution is 5.73. The lowest BCUT2D eigenvalue weighted by Crippen LogP contribution is -2.09. The fraction of sp³-hybridized carbons (Fsp3) is 0.875. The lowest BCUT2D eigenvalue weighted by atomic mass is 10.0. The van der Waals surface area contributed by atoms with Crippen LogP contribution in [0.15, 0.2) is 0 Å². The van der Waals surface area contributed by atoms with Gasteiger partial charge in [0, 0.05) is 19.3 Å². The maximum absolute atomic E-state index is 10.6. The van der Waals surface area contributed by atoms with E-state index in [1.807, 2.05) is 0 Å². The number of hydrogen-bond donors (Lipinski definition) is 1. The molecule has 0 unspecified atom stereocenters. The molecule has 0 fully saturated rings. The van der Waals surface area contributed by atoms with E-state index in [4.69, 9.17) is 5.73 Å². The Balaban J connectivity index is 3.07. The average molecular weight is 364 g/mol. The molecule has 2 heteroatoms. The van der Waals surface area contributed by atoms with E-state index in [2.05, 4.69) is 18.8 Å². The van der Waals surface area contributed by atoms with Crippen molar-refractivity contribution in [3.63, 3.8) is 0 Å². The smallest absolute Gasteiger partial charge is 0.217 e. The number of carbonyl (C=O) groups is 1. The van der Waals surface area contributed by atoms with Gasteiger partial charge in [0.05, 0.1) is 0 Å². The maximum Gasteiger partial charge on any atom is 0.217 e. The number of nitrogens with two attached hydrogens (primary N) is 1. The Morgan fingerprint density at radius 2 is 0.923 bits per heavy atom. The normalized spacial score (nSPS) is 10.5. The van der Waals surface area contributed by atoms with Gasteiger partial charge in [0.2, 0.25) is 5.91 Å². The quantitative estimate of drug-likeness (QED) is 0.190. The molecule has 0 heterocycles. The molecule has 0 aliphatic heterocycles. The molecule has 26 heavy (non-hydrogen) atoms. The summed E-state index contributed by atoms with van der Waals surface area (Å²) in [5.41, 5.74) is 5.09. The molecule has 0 aromatic carbocycles. The third-order valence-electron chi connectivity index (χ3n) is 5.01. The van der Waals surface area contributed by atoms with E-state index in [0.717, 1.165) is 19.3 Å². The second-order valence-corrected chi connectivity index (χ2v) is 7.73. The molecule has 2 N–H and O–H groups in total. The Kier molecular flexibility index (Phi) is 21.2. The number of rotatable bonds is 19. The summed E-state index contributed by atoms with van der Waals surface area (Å²) >= 11 is 0. The highest BCUT2D eigenvalue weighted by Gasteiger charge is 1.94. The largest absolute Gasteiger partial charge is 0.370 e. The van der Waals surface area contributed by atoms with Gasteiger partial charge >= 0.3 is 0 Å². The highest BCUT2D eigenvalue weighted by Crippen LogP contribution is 2.13. The SMILES string of the molecule is CCCCCCCCCCCCCCCCCCC#CCCCC(N)=O. The Morgan fingerprint density at radius 3 is 1.31 bits per heavy atom. The highest BCUT2D eigenvalue weighted by atomic mass is 16.1. The van der Waals surface area contributed by atoms with Gasteiger partial charge in [-0.3, -0.25) is 4.79 Å². The predicted molar refractivity (Wildman–Crippen MR) is 115 cm³/mol. The summed E-state index contributed by atoms with van der Waals surface area (Å²) in [5.74, 6) is 6.12. The Labute approximate surface area is 164 Å². The zero-order chi connectivity index (χ0) is 19.1. The molecule has 0 spiro atoms. The molecule has 1 amide bonds. The van der Waals surface area contributed by atoms with E-state index in [0.29, 0.717) is 6.42 Å². The summed E-state index contributed by atoms with van der Waals surface area (Å²) in [5, 5.41) is 0. The van der Waals surface area contributed by atoms with Crippen LogP contribution < -0.4 is 5.73 Å². The average Bonchev–Trinajstić information content (AvgIpc) is 2.62. The van der Waals surface area contributed by atoms with Crippen LogP contribution in [0.3, 0.4) is 0 Å². The van der Waals surface area contributed by atoms with Gasteiger partial charge in [-0.2, -0.15) is 0 Å². The monoisotopic (exact) mass is 363 g/mol. The number of primary amides is 1. The fourth-order valence-electron chi connectivity index (χ4n) is 3.29. The fourth-order valence-corrected chi connectivity index (χ4v) is 3.29. The molecule has 0 saturated heterocycles. The summed E-state index contributed by atoms with van der Waals surface area (Å²) in [6, 6.07) is 0. The van der Waals surface area contributed by atoms with Crippen LogP contribution in [0, 0.1) is 11.8 Å². The predicted octanol–water partition coefficient (Wildman–Crippen LogP) is 7.30. The minimum Gasteiger partial charge on any atom is -0.370 e. The van der Waals surface area contributed by atoms with Crippen LogP contribution in [0.25, 0.3) is 0 Å². The molecule has 152 valence electrons. The van der Waals surface area contributed by atoms with Crippen molar-refractivity contribution in [3.8, 4) is 11.8 Å². The summed E-state index contributed by atoms with van der Waals surface area (Å²) in [7, 11) is 0. The summed E-state index contributed by atoms with van der Waals surface area (Å²) in [6.45, 7) is 2.29. The first-order chi connectivity index (χ1) is 12.8. The molecule has 0 atom stereocenters. The van der Waals surface area contributed by atoms with E-state index in [-0.39, 0.29) is 5.91 Å². The molecule has 0 aliphatic carbocycles. The second kappa shape index (κ2) is 22.1. The molecule has 0 saturated carbocycles. The Bertz CT molecular complexity index is 353. The van der Waals surface area contributed by atoms with Gasteiger partial charge in [-0.25, -0.2) is 0 Å². The van der Waals surface area contributed by atoms with E-state index in [1.165, 1.54) is 103 Å². The van der Waals surface area contributed by atoms with Crippen LogP contribution in [0.2, 0.25) is 0 Å². The first kappa shape index (κ1) is 25.0. The van der Waals surface area contributed by atoms with Gasteiger partial charge in [-0.1, -0.05) is 103 Å². The lowest BCUT2D eigenvalue weighted by Gasteiger charge is -2.03. The van der Waals surface area contributed by atoms with Gasteiger partial charge < -0.3 is 5.73 Å². The lowest BCUT2D eigenvalue weighted by molar-refractivity contribution is -0.118. The third kappa shape index (κ3) is 23.0. The van der Waals surface area contributed by atoms with Crippen LogP contribution in [-0.4, -0.2) is 5.91 Å². The van der Waals surface area contributed by atoms with Crippen molar-refractivity contribution >= 4 is 5.91 Å². The van der Waals surface area contributed by atoms with Crippen molar-refractivity contribution in [1.82, 2.24) is 0 Å². The molecular formula is C24H45NO. The molecule has 0 radical (unpaired) electrons. The summed E-state index contributed by atoms with van der Waals surface area (Å²) < 4.78 is 0. The number of unbranched alkanes of at least 4 members (excludes halogenated alkanes) is 17. The maximum atomic E-state index is 10.6. The Morgan fingerprint density at radius 1 is 0.577 bits per heavy atom. The van der Waals surface area contributed by atoms with Crippen molar-refractivity contribution in [3.05, 3.63) is 0 Å². The number of amides is 1. The first-order valence-electron chi connectivity index (χ1n) is 11.5. The third-order valence-corrected chi connectivity index (χ3v) is 5.01. The van der Waals surface area contributed by atoms with Gasteiger partial charge in [-0.05, 0) is 12.8 Å². The Hall–Kier alpha value is -0.970. The van der Waals surface area contributed by atoms with Crippen molar-refractivity contribution < 1.29 is 4.79 Å². The van der Waals surface area contributed by atoms with Crippen LogP contribution in [0.5, 0.6) is 0 Å². The zero-order valence-electron chi connectivity index (χ0n) is 17.6. The van der Waals surface area contributed by atoms with E-state index >= 15 is 0 Å². The first-order valence-corrected chi connectivity index (χ1v) is 11.5. The second-order valence-electron chi connectivity index (χ2n) is 7.73. The molecule has 0 aromatic heterocycles. The standard InChI is InChI=1S/C24H45NO/c1-2-3-4-5-6-7-8-9-10-11-12-13-14-15-16-17-18-19-20-21-22-23-24(25)26/h2-18,21-23H2,1H3,(H2,25,26). The van der Waals surface area contributed by atoms with Crippen LogP contribution in [0.1, 0.15) is 135 Å². The number of hydrogen-bond acceptors (Lipinski definition) is 1. The van der Waals surface area contributed by atoms with Gasteiger partial charge in [0.1, 0.15) is 0 Å². The van der Waals surface area contributed by atoms with Crippen LogP contribution in [0.4, 0.5) is 0 Å². The minimum atomic E-state index is -0.218. The van der Waals surface area contributed by atoms with E-state index < -0.39 is 0 Å². The summed E-state index contributed by atoms with van der Waals surface area (Å²) in [6.07, 6.45) is 25.6. The molecule has 2 nitrogen and oxygen atoms in total. The van der Waals surface area contributed by atoms with E-state index in [9.17, 15) is 4.79 Å². The molecule has 0 rings (SSSR count). The van der Waals surface area contributed by atoms with Crippen molar-refractivity contribution in [2.24, 2.45) is 5.73 Å². The molecular weight excluding hydrogens is 318 g/mol. The van der Waals surface area contributed by atoms with Gasteiger partial charge in [0.15, 0.2) is 0 Å². The van der Waals surface area contributed by atoms with Gasteiger partial charge in [-0.15, -0.1) is 11.8 Å².